The Labute approximate surface area is 403 Å². The quantitative estimate of drug-likeness (QED) is 0.00985. The maximum atomic E-state index is 13.3. The molecule has 6 rings (SSSR count). The van der Waals surface area contributed by atoms with E-state index in [2.05, 4.69) is 62.2 Å². The van der Waals surface area contributed by atoms with E-state index in [-0.39, 0.29) is 31.5 Å². The summed E-state index contributed by atoms with van der Waals surface area (Å²) in [5.74, 6) is -0.0824. The van der Waals surface area contributed by atoms with Gasteiger partial charge < -0.3 is 14.2 Å². The van der Waals surface area contributed by atoms with Crippen molar-refractivity contribution in [2.75, 3.05) is 24.8 Å². The number of alkyl halides is 3. The molecule has 1 heterocycles. The fraction of sp³-hybridized carbons (Fsp3) is 0.393. The third kappa shape index (κ3) is 16.1. The molecule has 1 saturated carbocycles. The number of anilines is 1. The van der Waals surface area contributed by atoms with Gasteiger partial charge >= 0.3 is 18.1 Å². The van der Waals surface area contributed by atoms with Gasteiger partial charge in [0.15, 0.2) is 0 Å². The highest BCUT2D eigenvalue weighted by atomic mass is 32.1. The number of unbranched alkanes of at least 4 members (excludes halogenated alkanes) is 6. The number of halogens is 3. The van der Waals surface area contributed by atoms with Gasteiger partial charge in [-0.3, -0.25) is 4.79 Å². The lowest BCUT2D eigenvalue weighted by molar-refractivity contribution is -0.150. The number of fused-ring (bicyclic) bond motifs is 1. The molecule has 0 radical (unpaired) electrons. The fourth-order valence-corrected chi connectivity index (χ4v) is 9.23. The first-order valence-electron chi connectivity index (χ1n) is 24.0. The van der Waals surface area contributed by atoms with Gasteiger partial charge in [0.2, 0.25) is 5.13 Å². The van der Waals surface area contributed by atoms with Crippen LogP contribution in [-0.2, 0) is 27.2 Å². The van der Waals surface area contributed by atoms with Crippen LogP contribution >= 0.6 is 11.3 Å². The summed E-state index contributed by atoms with van der Waals surface area (Å²) in [5.41, 5.74) is 4.64. The molecule has 0 aliphatic heterocycles. The largest absolute Gasteiger partial charge is 0.494 e. The molecule has 0 atom stereocenters. The number of esters is 2. The number of aryl methyl sites for hydroxylation is 2. The van der Waals surface area contributed by atoms with Gasteiger partial charge in [0.1, 0.15) is 17.1 Å². The van der Waals surface area contributed by atoms with Gasteiger partial charge in [0, 0.05) is 13.0 Å². The van der Waals surface area contributed by atoms with Crippen LogP contribution in [-0.4, -0.2) is 49.1 Å². The number of ether oxygens (including phenoxy) is 3. The van der Waals surface area contributed by atoms with Gasteiger partial charge in [-0.2, -0.15) is 18.3 Å². The van der Waals surface area contributed by atoms with E-state index < -0.39 is 17.7 Å². The number of rotatable bonds is 27. The Morgan fingerprint density at radius 2 is 1.47 bits per heavy atom. The van der Waals surface area contributed by atoms with E-state index in [9.17, 15) is 22.8 Å². The van der Waals surface area contributed by atoms with Crippen LogP contribution < -0.4 is 14.5 Å². The van der Waals surface area contributed by atoms with Gasteiger partial charge in [0.05, 0.1) is 35.6 Å². The van der Waals surface area contributed by atoms with Crippen molar-refractivity contribution in [3.63, 3.8) is 0 Å². The highest BCUT2D eigenvalue weighted by Gasteiger charge is 2.38. The first-order chi connectivity index (χ1) is 33.0. The van der Waals surface area contributed by atoms with Gasteiger partial charge in [-0.1, -0.05) is 104 Å². The summed E-state index contributed by atoms with van der Waals surface area (Å²) >= 11 is 1.45. The number of nitrogens with zero attached hydrogens (tertiary/aromatic N) is 3. The lowest BCUT2D eigenvalue weighted by Crippen LogP contribution is -2.26. The second-order valence-electron chi connectivity index (χ2n) is 17.4. The minimum Gasteiger partial charge on any atom is -0.494 e. The number of carbonyl (C=O) groups excluding carboxylic acids is 2. The van der Waals surface area contributed by atoms with Crippen LogP contribution in [0, 0.1) is 11.8 Å². The summed E-state index contributed by atoms with van der Waals surface area (Å²) in [6, 6.07) is 30.0. The fourth-order valence-electron chi connectivity index (χ4n) is 8.28. The molecule has 1 aliphatic rings. The van der Waals surface area contributed by atoms with Crippen LogP contribution in [0.25, 0.3) is 21.3 Å². The first-order valence-corrected chi connectivity index (χ1v) is 24.8. The van der Waals surface area contributed by atoms with Crippen LogP contribution in [0.15, 0.2) is 134 Å². The summed E-state index contributed by atoms with van der Waals surface area (Å²) in [5, 5.41) is 7.25. The number of carbonyl (C=O) groups is 2. The van der Waals surface area contributed by atoms with E-state index in [4.69, 9.17) is 24.3 Å². The molecule has 4 aromatic carbocycles. The van der Waals surface area contributed by atoms with Crippen molar-refractivity contribution < 1.29 is 37.0 Å². The molecule has 0 amide bonds. The van der Waals surface area contributed by atoms with Crippen LogP contribution in [0.2, 0.25) is 0 Å². The van der Waals surface area contributed by atoms with Crippen molar-refractivity contribution in [2.45, 2.75) is 109 Å². The molecule has 12 heteroatoms. The van der Waals surface area contributed by atoms with Gasteiger partial charge in [-0.25, -0.2) is 14.8 Å². The maximum Gasteiger partial charge on any atom is 0.422 e. The second kappa shape index (κ2) is 26.5. The zero-order chi connectivity index (χ0) is 48.1. The summed E-state index contributed by atoms with van der Waals surface area (Å²) in [7, 11) is 0. The monoisotopic (exact) mass is 947 g/mol. The topological polar surface area (TPSA) is 90.3 Å². The Bertz CT molecular complexity index is 2410. The number of thiazole rings is 1. The predicted octanol–water partition coefficient (Wildman–Crippen LogP) is 14.6. The number of para-hydroxylation sites is 1. The van der Waals surface area contributed by atoms with Crippen LogP contribution in [0.1, 0.15) is 107 Å². The Hall–Kier alpha value is -6.01. The van der Waals surface area contributed by atoms with E-state index in [1.807, 2.05) is 54.8 Å². The zero-order valence-corrected chi connectivity index (χ0v) is 39.8. The lowest BCUT2D eigenvalue weighted by atomic mass is 9.79. The Balaban J connectivity index is 1.07. The minimum absolute atomic E-state index is 0.149. The number of benzene rings is 4. The Morgan fingerprint density at radius 1 is 0.779 bits per heavy atom. The van der Waals surface area contributed by atoms with Crippen LogP contribution in [0.4, 0.5) is 18.3 Å². The number of hydrogen-bond acceptors (Lipinski definition) is 9. The molecule has 0 saturated heterocycles. The van der Waals surface area contributed by atoms with Gasteiger partial charge in [0.25, 0.3) is 0 Å². The third-order valence-electron chi connectivity index (χ3n) is 12.4. The Morgan fingerprint density at radius 3 is 2.19 bits per heavy atom. The second-order valence-corrected chi connectivity index (χ2v) is 18.4. The summed E-state index contributed by atoms with van der Waals surface area (Å²) in [4.78, 5) is 30.1. The first kappa shape index (κ1) is 51.4. The average Bonchev–Trinajstić information content (AvgIpc) is 3.79. The molecule has 1 fully saturated rings. The summed E-state index contributed by atoms with van der Waals surface area (Å²) in [6.45, 7) is 11.1. The van der Waals surface area contributed by atoms with Gasteiger partial charge in [-0.15, -0.1) is 13.2 Å². The normalized spacial score (nSPS) is 15.0. The van der Waals surface area contributed by atoms with Gasteiger partial charge in [-0.05, 0) is 147 Å². The maximum absolute atomic E-state index is 13.3. The smallest absolute Gasteiger partial charge is 0.422 e. The van der Waals surface area contributed by atoms with E-state index >= 15 is 0 Å². The lowest BCUT2D eigenvalue weighted by Gasteiger charge is -2.27. The standard InChI is InChI=1S/C56H64F3N3O5S/c1-4-6-8-9-10-11-12-15-37-65-49-32-34-50(35-33-49)67-54(64)46-28-23-43(24-29-46)22-27-45-30-31-47(44-25-20-42(21-26-44)17-7-5-2)39-48(45)40-60-62(55-61-51-18-13-14-19-52(51)68-55)36-16-38-66-53(63)41(3)56(57,58)59/h4-5,13-14,18-21,25-26,30-35,39-40,43,46H,1-3,6-12,15-17,22-24,27-29,36-38H2/b60-40+. The average molecular weight is 948 g/mol. The molecular formula is C56H64F3N3O5S. The number of hydrogen-bond donors (Lipinski definition) is 0. The number of aromatic nitrogens is 1. The van der Waals surface area contributed by atoms with Crippen molar-refractivity contribution in [2.24, 2.45) is 16.9 Å². The van der Waals surface area contributed by atoms with Crippen molar-refractivity contribution in [1.29, 1.82) is 0 Å². The number of hydrazone groups is 1. The highest BCUT2D eigenvalue weighted by molar-refractivity contribution is 7.22. The Kier molecular flexibility index (Phi) is 20.0. The van der Waals surface area contributed by atoms with Crippen molar-refractivity contribution >= 4 is 44.8 Å². The highest BCUT2D eigenvalue weighted by Crippen LogP contribution is 2.35. The molecule has 0 bridgehead atoms. The van der Waals surface area contributed by atoms with Crippen LogP contribution in [0.3, 0.4) is 0 Å². The molecule has 68 heavy (non-hydrogen) atoms. The number of allylic oxidation sites excluding steroid dienone is 2. The van der Waals surface area contributed by atoms with E-state index in [1.165, 1.54) is 42.6 Å². The predicted molar refractivity (Wildman–Crippen MR) is 270 cm³/mol. The van der Waals surface area contributed by atoms with Crippen molar-refractivity contribution in [1.82, 2.24) is 4.98 Å². The third-order valence-corrected chi connectivity index (χ3v) is 13.4. The van der Waals surface area contributed by atoms with E-state index in [0.717, 1.165) is 109 Å². The summed E-state index contributed by atoms with van der Waals surface area (Å²) in [6.07, 6.45) is 16.2. The van der Waals surface area contributed by atoms with Crippen molar-refractivity contribution in [3.05, 3.63) is 145 Å². The van der Waals surface area contributed by atoms with E-state index in [0.29, 0.717) is 23.4 Å². The molecule has 0 spiro atoms. The SMILES string of the molecule is C=CCCCCCCCCOc1ccc(OC(=O)C2CCC(CCc3ccc(-c4ccc(CCC=C)cc4)cc3/C=N/N(CCCOC(=O)C(=C)C(F)(F)F)c3nc4ccccc4s3)CC2)cc1. The summed E-state index contributed by atoms with van der Waals surface area (Å²) < 4.78 is 56.8. The molecule has 0 unspecified atom stereocenters. The molecule has 5 aromatic rings. The minimum atomic E-state index is -4.86. The molecule has 360 valence electrons. The molecule has 0 N–H and O–H groups in total. The van der Waals surface area contributed by atoms with Crippen LogP contribution in [0.5, 0.6) is 11.5 Å². The molecular weight excluding hydrogens is 884 g/mol. The zero-order valence-electron chi connectivity index (χ0n) is 39.0. The molecule has 1 aromatic heterocycles. The van der Waals surface area contributed by atoms with E-state index in [1.54, 1.807) is 17.1 Å². The van der Waals surface area contributed by atoms with Crippen molar-refractivity contribution in [3.8, 4) is 22.6 Å². The molecule has 1 aliphatic carbocycles. The molecule has 8 nitrogen and oxygen atoms in total.